The van der Waals surface area contributed by atoms with Gasteiger partial charge < -0.3 is 4.74 Å². The first-order valence-corrected chi connectivity index (χ1v) is 10.3. The Labute approximate surface area is 179 Å². The topological polar surface area (TPSA) is 54.8 Å². The second kappa shape index (κ2) is 8.47. The predicted octanol–water partition coefficient (Wildman–Crippen LogP) is 5.60. The molecular formula is C24H21N3O2S. The minimum atomic E-state index is -0.270. The zero-order valence-corrected chi connectivity index (χ0v) is 17.8. The maximum absolute atomic E-state index is 13.4. The molecular weight excluding hydrogens is 394 g/mol. The molecule has 1 amide bonds. The van der Waals surface area contributed by atoms with Crippen molar-refractivity contribution in [3.05, 3.63) is 89.0 Å². The van der Waals surface area contributed by atoms with Crippen LogP contribution in [0.15, 0.2) is 71.8 Å². The van der Waals surface area contributed by atoms with Crippen molar-refractivity contribution in [3.8, 4) is 5.75 Å². The van der Waals surface area contributed by atoms with Crippen molar-refractivity contribution in [2.24, 2.45) is 5.10 Å². The van der Waals surface area contributed by atoms with Gasteiger partial charge in [0.15, 0.2) is 0 Å². The number of nitrogens with zero attached hydrogens (tertiary/aromatic N) is 3. The summed E-state index contributed by atoms with van der Waals surface area (Å²) in [6.07, 6.45) is 1.68. The third-order valence-corrected chi connectivity index (χ3v) is 5.62. The van der Waals surface area contributed by atoms with Crippen LogP contribution in [0.2, 0.25) is 0 Å². The van der Waals surface area contributed by atoms with Crippen molar-refractivity contribution in [2.75, 3.05) is 12.1 Å². The van der Waals surface area contributed by atoms with Crippen LogP contribution in [0, 0.1) is 13.8 Å². The molecule has 0 unspecified atom stereocenters. The summed E-state index contributed by atoms with van der Waals surface area (Å²) >= 11 is 1.44. The normalized spacial score (nSPS) is 11.2. The lowest BCUT2D eigenvalue weighted by Gasteiger charge is -2.14. The monoisotopic (exact) mass is 415 g/mol. The van der Waals surface area contributed by atoms with Gasteiger partial charge >= 0.3 is 0 Å². The van der Waals surface area contributed by atoms with Gasteiger partial charge in [0, 0.05) is 5.56 Å². The maximum atomic E-state index is 13.4. The van der Waals surface area contributed by atoms with Gasteiger partial charge in [-0.05, 0) is 55.3 Å². The van der Waals surface area contributed by atoms with E-state index in [0.29, 0.717) is 16.4 Å². The molecule has 0 saturated carbocycles. The highest BCUT2D eigenvalue weighted by Crippen LogP contribution is 2.31. The van der Waals surface area contributed by atoms with Crippen molar-refractivity contribution in [2.45, 2.75) is 13.8 Å². The molecule has 1 aromatic heterocycles. The van der Waals surface area contributed by atoms with Gasteiger partial charge in [0.05, 0.1) is 23.5 Å². The number of hydrogen-bond donors (Lipinski definition) is 0. The molecule has 6 heteroatoms. The average Bonchev–Trinajstić information content (AvgIpc) is 3.17. The van der Waals surface area contributed by atoms with Crippen molar-refractivity contribution in [1.29, 1.82) is 0 Å². The Morgan fingerprint density at radius 3 is 2.57 bits per heavy atom. The molecule has 0 radical (unpaired) electrons. The van der Waals surface area contributed by atoms with E-state index in [-0.39, 0.29) is 5.91 Å². The molecule has 0 aliphatic carbocycles. The summed E-state index contributed by atoms with van der Waals surface area (Å²) in [6.45, 7) is 4.07. The van der Waals surface area contributed by atoms with Crippen LogP contribution >= 0.6 is 11.3 Å². The number of amides is 1. The largest absolute Gasteiger partial charge is 0.497 e. The summed E-state index contributed by atoms with van der Waals surface area (Å²) < 4.78 is 6.28. The number of hydrogen-bond acceptors (Lipinski definition) is 5. The smallest absolute Gasteiger partial charge is 0.280 e. The first kappa shape index (κ1) is 19.8. The van der Waals surface area contributed by atoms with E-state index in [1.165, 1.54) is 16.3 Å². The van der Waals surface area contributed by atoms with Gasteiger partial charge in [-0.2, -0.15) is 10.1 Å². The Balaban J connectivity index is 1.76. The van der Waals surface area contributed by atoms with Crippen LogP contribution < -0.4 is 9.75 Å². The molecule has 30 heavy (non-hydrogen) atoms. The van der Waals surface area contributed by atoms with Gasteiger partial charge in [-0.25, -0.2) is 4.98 Å². The fraction of sp³-hybridized carbons (Fsp3) is 0.125. The van der Waals surface area contributed by atoms with Crippen LogP contribution in [0.5, 0.6) is 5.75 Å². The van der Waals surface area contributed by atoms with Crippen LogP contribution in [0.1, 0.15) is 27.0 Å². The van der Waals surface area contributed by atoms with Crippen LogP contribution in [-0.4, -0.2) is 24.2 Å². The molecule has 150 valence electrons. The van der Waals surface area contributed by atoms with E-state index in [1.807, 2.05) is 50.2 Å². The fourth-order valence-electron chi connectivity index (χ4n) is 2.95. The number of methoxy groups -OCH3 is 1. The van der Waals surface area contributed by atoms with E-state index in [1.54, 1.807) is 37.6 Å². The van der Waals surface area contributed by atoms with E-state index < -0.39 is 0 Å². The molecule has 0 N–H and O–H groups in total. The third kappa shape index (κ3) is 4.23. The number of aromatic nitrogens is 1. The highest BCUT2D eigenvalue weighted by Gasteiger charge is 2.21. The molecule has 0 bridgehead atoms. The lowest BCUT2D eigenvalue weighted by molar-refractivity contribution is 0.0987. The molecule has 0 spiro atoms. The Morgan fingerprint density at radius 1 is 1.03 bits per heavy atom. The first-order chi connectivity index (χ1) is 14.5. The summed E-state index contributed by atoms with van der Waals surface area (Å²) in [6, 6.07) is 21.0. The fourth-order valence-corrected chi connectivity index (χ4v) is 3.97. The summed E-state index contributed by atoms with van der Waals surface area (Å²) in [7, 11) is 1.58. The summed E-state index contributed by atoms with van der Waals surface area (Å²) in [5.74, 6) is 0.344. The van der Waals surface area contributed by atoms with Gasteiger partial charge in [0.25, 0.3) is 5.91 Å². The molecule has 0 aliphatic heterocycles. The van der Waals surface area contributed by atoms with Crippen LogP contribution in [-0.2, 0) is 0 Å². The Hall–Kier alpha value is -3.51. The summed E-state index contributed by atoms with van der Waals surface area (Å²) in [5, 5.41) is 6.39. The van der Waals surface area contributed by atoms with Gasteiger partial charge in [0.2, 0.25) is 5.13 Å². The first-order valence-electron chi connectivity index (χ1n) is 9.50. The molecule has 0 fully saturated rings. The van der Waals surface area contributed by atoms with Gasteiger partial charge in [0.1, 0.15) is 5.75 Å². The number of rotatable bonds is 5. The number of carbonyl (C=O) groups excluding carboxylic acids is 1. The zero-order chi connectivity index (χ0) is 21.1. The SMILES string of the molecule is COc1cccc(C(=O)N(/N=C/c2ccc(C)cc2)c2nc3ccc(C)cc3s2)c1. The number of anilines is 1. The number of benzene rings is 3. The van der Waals surface area contributed by atoms with E-state index in [9.17, 15) is 4.79 Å². The molecule has 0 aliphatic rings. The number of fused-ring (bicyclic) bond motifs is 1. The van der Waals surface area contributed by atoms with Gasteiger partial charge in [-0.15, -0.1) is 0 Å². The molecule has 0 atom stereocenters. The van der Waals surface area contributed by atoms with E-state index >= 15 is 0 Å². The van der Waals surface area contributed by atoms with E-state index in [0.717, 1.165) is 26.9 Å². The van der Waals surface area contributed by atoms with Gasteiger partial charge in [-0.3, -0.25) is 4.79 Å². The molecule has 0 saturated heterocycles. The van der Waals surface area contributed by atoms with Crippen LogP contribution in [0.4, 0.5) is 5.13 Å². The number of thiazole rings is 1. The number of hydrazone groups is 1. The predicted molar refractivity (Wildman–Crippen MR) is 123 cm³/mol. The van der Waals surface area contributed by atoms with Crippen molar-refractivity contribution < 1.29 is 9.53 Å². The van der Waals surface area contributed by atoms with Crippen LogP contribution in [0.25, 0.3) is 10.2 Å². The quantitative estimate of drug-likeness (QED) is 0.315. The third-order valence-electron chi connectivity index (χ3n) is 4.62. The van der Waals surface area contributed by atoms with Crippen molar-refractivity contribution >= 4 is 38.8 Å². The summed E-state index contributed by atoms with van der Waals surface area (Å²) in [5.41, 5.74) is 4.53. The molecule has 4 rings (SSSR count). The highest BCUT2D eigenvalue weighted by molar-refractivity contribution is 7.22. The number of aryl methyl sites for hydroxylation is 2. The standard InChI is InChI=1S/C24H21N3O2S/c1-16-7-10-18(11-8-16)15-25-27(23(28)19-5-4-6-20(14-19)29-3)24-26-21-12-9-17(2)13-22(21)30-24/h4-15H,1-3H3/b25-15+. The number of ether oxygens (including phenoxy) is 1. The van der Waals surface area contributed by atoms with Crippen molar-refractivity contribution in [1.82, 2.24) is 4.98 Å². The second-order valence-electron chi connectivity index (χ2n) is 6.97. The molecule has 4 aromatic rings. The van der Waals surface area contributed by atoms with Crippen LogP contribution in [0.3, 0.4) is 0 Å². The average molecular weight is 416 g/mol. The molecule has 1 heterocycles. The Bertz CT molecular complexity index is 1230. The maximum Gasteiger partial charge on any atom is 0.280 e. The molecule has 5 nitrogen and oxygen atoms in total. The lowest BCUT2D eigenvalue weighted by atomic mass is 10.2. The Kier molecular flexibility index (Phi) is 5.59. The van der Waals surface area contributed by atoms with Crippen molar-refractivity contribution in [3.63, 3.8) is 0 Å². The lowest BCUT2D eigenvalue weighted by Crippen LogP contribution is -2.25. The summed E-state index contributed by atoms with van der Waals surface area (Å²) in [4.78, 5) is 18.0. The number of carbonyl (C=O) groups is 1. The minimum Gasteiger partial charge on any atom is -0.497 e. The van der Waals surface area contributed by atoms with Gasteiger partial charge in [-0.1, -0.05) is 53.3 Å². The van der Waals surface area contributed by atoms with E-state index in [4.69, 9.17) is 4.74 Å². The molecule has 3 aromatic carbocycles. The zero-order valence-electron chi connectivity index (χ0n) is 17.0. The minimum absolute atomic E-state index is 0.270. The Morgan fingerprint density at radius 2 is 1.80 bits per heavy atom. The van der Waals surface area contributed by atoms with E-state index in [2.05, 4.69) is 16.2 Å². The highest BCUT2D eigenvalue weighted by atomic mass is 32.1. The second-order valence-corrected chi connectivity index (χ2v) is 7.98.